The smallest absolute Gasteiger partial charge is 0.335 e. The van der Waals surface area contributed by atoms with Gasteiger partial charge >= 0.3 is 5.97 Å². The van der Waals surface area contributed by atoms with E-state index in [1.807, 2.05) is 38.1 Å². The minimum absolute atomic E-state index is 0.221. The number of aromatic carboxylic acids is 1. The predicted octanol–water partition coefficient (Wildman–Crippen LogP) is 5.24. The molecule has 0 atom stereocenters. The maximum Gasteiger partial charge on any atom is 0.335 e. The molecule has 1 saturated heterocycles. The molecule has 32 heavy (non-hydrogen) atoms. The monoisotopic (exact) mass is 448 g/mol. The van der Waals surface area contributed by atoms with Crippen LogP contribution in [0.15, 0.2) is 68.9 Å². The Morgan fingerprint density at radius 2 is 1.97 bits per heavy atom. The van der Waals surface area contributed by atoms with Gasteiger partial charge in [-0.25, -0.2) is 9.79 Å². The highest BCUT2D eigenvalue weighted by Gasteiger charge is 2.24. The molecule has 0 bridgehead atoms. The molecule has 2 heterocycles. The van der Waals surface area contributed by atoms with E-state index in [9.17, 15) is 9.59 Å². The van der Waals surface area contributed by atoms with E-state index in [2.05, 4.69) is 10.3 Å². The fourth-order valence-corrected chi connectivity index (χ4v) is 3.98. The zero-order valence-corrected chi connectivity index (χ0v) is 18.2. The Bertz CT molecular complexity index is 1240. The van der Waals surface area contributed by atoms with Crippen LogP contribution in [0.3, 0.4) is 0 Å². The molecule has 0 aliphatic carbocycles. The number of carbonyl (C=O) groups excluding carboxylic acids is 1. The Balaban J connectivity index is 1.51. The number of carboxylic acid groups (broad SMARTS) is 1. The molecule has 2 aromatic carbocycles. The number of aryl methyl sites for hydroxylation is 1. The van der Waals surface area contributed by atoms with E-state index >= 15 is 0 Å². The summed E-state index contributed by atoms with van der Waals surface area (Å²) >= 11 is 1.23. The Morgan fingerprint density at radius 1 is 1.19 bits per heavy atom. The molecule has 0 spiro atoms. The van der Waals surface area contributed by atoms with Crippen LogP contribution in [0.1, 0.15) is 28.6 Å². The van der Waals surface area contributed by atoms with Crippen molar-refractivity contribution in [1.29, 1.82) is 0 Å². The van der Waals surface area contributed by atoms with E-state index in [0.29, 0.717) is 33.9 Å². The number of amidine groups is 1. The van der Waals surface area contributed by atoms with Gasteiger partial charge in [-0.1, -0.05) is 6.07 Å². The second-order valence-corrected chi connectivity index (χ2v) is 7.98. The lowest BCUT2D eigenvalue weighted by molar-refractivity contribution is -0.115. The Kier molecular flexibility index (Phi) is 6.13. The van der Waals surface area contributed by atoms with Crippen molar-refractivity contribution in [3.8, 4) is 17.1 Å². The average Bonchev–Trinajstić information content (AvgIpc) is 3.36. The van der Waals surface area contributed by atoms with Crippen LogP contribution in [-0.2, 0) is 4.79 Å². The van der Waals surface area contributed by atoms with Crippen LogP contribution in [0.5, 0.6) is 5.75 Å². The zero-order valence-electron chi connectivity index (χ0n) is 17.4. The Labute approximate surface area is 188 Å². The van der Waals surface area contributed by atoms with E-state index in [-0.39, 0.29) is 11.5 Å². The lowest BCUT2D eigenvalue weighted by Crippen LogP contribution is -2.19. The molecule has 1 fully saturated rings. The third-order valence-electron chi connectivity index (χ3n) is 4.67. The van der Waals surface area contributed by atoms with Gasteiger partial charge in [0.05, 0.1) is 22.8 Å². The number of benzene rings is 2. The summed E-state index contributed by atoms with van der Waals surface area (Å²) in [6.45, 7) is 4.34. The fraction of sp³-hybridized carbons (Fsp3) is 0.125. The lowest BCUT2D eigenvalue weighted by Gasteiger charge is -2.04. The van der Waals surface area contributed by atoms with Crippen molar-refractivity contribution in [2.75, 3.05) is 6.61 Å². The summed E-state index contributed by atoms with van der Waals surface area (Å²) in [5.41, 5.74) is 2.51. The van der Waals surface area contributed by atoms with Gasteiger partial charge in [-0.05, 0) is 79.7 Å². The van der Waals surface area contributed by atoms with E-state index in [1.165, 1.54) is 17.8 Å². The molecule has 1 aromatic heterocycles. The third-order valence-corrected chi connectivity index (χ3v) is 5.58. The molecule has 0 unspecified atom stereocenters. The number of rotatable bonds is 6. The van der Waals surface area contributed by atoms with Gasteiger partial charge in [0.25, 0.3) is 5.91 Å². The highest BCUT2D eigenvalue weighted by atomic mass is 32.2. The predicted molar refractivity (Wildman–Crippen MR) is 124 cm³/mol. The molecule has 1 aliphatic rings. The number of nitrogens with zero attached hydrogens (tertiary/aromatic N) is 1. The number of furan rings is 1. The molecule has 2 N–H and O–H groups in total. The van der Waals surface area contributed by atoms with Gasteiger partial charge in [-0.3, -0.25) is 4.79 Å². The summed E-state index contributed by atoms with van der Waals surface area (Å²) in [6.07, 6.45) is 1.66. The average molecular weight is 449 g/mol. The number of ether oxygens (including phenoxy) is 1. The standard InChI is InChI=1S/C24H20N2O5S/c1-3-30-17-7-5-16(6-8-17)25-24-26-22(27)21(32-24)13-18-9-11-20(31-18)19-10-4-15(23(28)29)12-14(19)2/h4-13H,3H2,1-2H3,(H,28,29)(H,25,26,27)/b21-13+. The minimum Gasteiger partial charge on any atom is -0.494 e. The number of amides is 1. The molecule has 1 aliphatic heterocycles. The number of carbonyl (C=O) groups is 2. The molecule has 0 saturated carbocycles. The van der Waals surface area contributed by atoms with Gasteiger partial charge < -0.3 is 19.6 Å². The lowest BCUT2D eigenvalue weighted by atomic mass is 10.0. The van der Waals surface area contributed by atoms with Crippen LogP contribution >= 0.6 is 11.8 Å². The van der Waals surface area contributed by atoms with Crippen LogP contribution in [0.4, 0.5) is 5.69 Å². The molecule has 8 heteroatoms. The second-order valence-electron chi connectivity index (χ2n) is 6.95. The van der Waals surface area contributed by atoms with Crippen molar-refractivity contribution in [3.63, 3.8) is 0 Å². The second kappa shape index (κ2) is 9.15. The van der Waals surface area contributed by atoms with Crippen molar-refractivity contribution in [2.45, 2.75) is 13.8 Å². The molecule has 162 valence electrons. The van der Waals surface area contributed by atoms with Crippen LogP contribution in [-0.4, -0.2) is 28.8 Å². The van der Waals surface area contributed by atoms with Crippen molar-refractivity contribution < 1.29 is 23.8 Å². The van der Waals surface area contributed by atoms with E-state index < -0.39 is 5.97 Å². The number of aliphatic imine (C=N–C) groups is 1. The van der Waals surface area contributed by atoms with Crippen LogP contribution in [0.2, 0.25) is 0 Å². The summed E-state index contributed by atoms with van der Waals surface area (Å²) < 4.78 is 11.3. The summed E-state index contributed by atoms with van der Waals surface area (Å²) in [5.74, 6) is 0.650. The van der Waals surface area contributed by atoms with E-state index in [4.69, 9.17) is 14.3 Å². The number of thioether (sulfide) groups is 1. The van der Waals surface area contributed by atoms with Crippen LogP contribution < -0.4 is 10.1 Å². The summed E-state index contributed by atoms with van der Waals surface area (Å²) in [7, 11) is 0. The number of nitrogens with one attached hydrogen (secondary N) is 1. The minimum atomic E-state index is -0.975. The number of carboxylic acids is 1. The van der Waals surface area contributed by atoms with Gasteiger partial charge in [0, 0.05) is 11.6 Å². The largest absolute Gasteiger partial charge is 0.494 e. The molecular formula is C24H20N2O5S. The quantitative estimate of drug-likeness (QED) is 0.500. The SMILES string of the molecule is CCOc1ccc(N=C2NC(=O)/C(=C\c3ccc(-c4ccc(C(=O)O)cc4C)o3)S2)cc1. The third kappa shape index (κ3) is 4.76. The zero-order chi connectivity index (χ0) is 22.7. The van der Waals surface area contributed by atoms with Gasteiger partial charge in [0.1, 0.15) is 17.3 Å². The highest BCUT2D eigenvalue weighted by molar-refractivity contribution is 8.18. The van der Waals surface area contributed by atoms with Crippen molar-refractivity contribution in [3.05, 3.63) is 76.4 Å². The van der Waals surface area contributed by atoms with Crippen molar-refractivity contribution in [1.82, 2.24) is 5.32 Å². The van der Waals surface area contributed by atoms with Gasteiger partial charge in [-0.15, -0.1) is 0 Å². The molecule has 4 rings (SSSR count). The van der Waals surface area contributed by atoms with E-state index in [0.717, 1.165) is 16.9 Å². The van der Waals surface area contributed by atoms with Crippen LogP contribution in [0.25, 0.3) is 17.4 Å². The first-order valence-corrected chi connectivity index (χ1v) is 10.7. The molecule has 3 aromatic rings. The Morgan fingerprint density at radius 3 is 2.66 bits per heavy atom. The number of hydrogen-bond donors (Lipinski definition) is 2. The summed E-state index contributed by atoms with van der Waals surface area (Å²) in [4.78, 5) is 28.4. The van der Waals surface area contributed by atoms with Gasteiger partial charge in [-0.2, -0.15) is 0 Å². The van der Waals surface area contributed by atoms with Crippen LogP contribution in [0, 0.1) is 6.92 Å². The van der Waals surface area contributed by atoms with Gasteiger partial charge in [0.2, 0.25) is 0 Å². The topological polar surface area (TPSA) is 101 Å². The van der Waals surface area contributed by atoms with Gasteiger partial charge in [0.15, 0.2) is 5.17 Å². The van der Waals surface area contributed by atoms with Crippen molar-refractivity contribution in [2.24, 2.45) is 4.99 Å². The maximum atomic E-state index is 12.4. The number of hydrogen-bond acceptors (Lipinski definition) is 6. The Hall–Kier alpha value is -3.78. The first-order valence-electron chi connectivity index (χ1n) is 9.89. The fourth-order valence-electron chi connectivity index (χ4n) is 3.16. The molecular weight excluding hydrogens is 428 g/mol. The van der Waals surface area contributed by atoms with E-state index in [1.54, 1.807) is 30.3 Å². The highest BCUT2D eigenvalue weighted by Crippen LogP contribution is 2.31. The first kappa shape index (κ1) is 21.5. The maximum absolute atomic E-state index is 12.4. The summed E-state index contributed by atoms with van der Waals surface area (Å²) in [6, 6.07) is 15.7. The normalized spacial score (nSPS) is 15.9. The molecule has 7 nitrogen and oxygen atoms in total. The first-order chi connectivity index (χ1) is 15.4. The van der Waals surface area contributed by atoms with Crippen molar-refractivity contribution >= 4 is 40.6 Å². The molecule has 0 radical (unpaired) electrons. The molecule has 1 amide bonds. The summed E-state index contributed by atoms with van der Waals surface area (Å²) in [5, 5.41) is 12.4.